The number of rotatable bonds is 8. The predicted molar refractivity (Wildman–Crippen MR) is 72.6 cm³/mol. The molecule has 0 radical (unpaired) electrons. The lowest BCUT2D eigenvalue weighted by atomic mass is 9.80. The number of hydrogen-bond acceptors (Lipinski definition) is 3. The molecule has 0 unspecified atom stereocenters. The minimum Gasteiger partial charge on any atom is -0.428 e. The van der Waals surface area contributed by atoms with Crippen LogP contribution in [0.4, 0.5) is 65.9 Å². The van der Waals surface area contributed by atoms with E-state index in [9.17, 15) is 65.9 Å². The Hall–Kier alpha value is -2.05. The van der Waals surface area contributed by atoms with Gasteiger partial charge in [-0.3, -0.25) is 0 Å². The van der Waals surface area contributed by atoms with Crippen molar-refractivity contribution in [3.05, 3.63) is 24.3 Å². The van der Waals surface area contributed by atoms with Crippen molar-refractivity contribution in [2.45, 2.75) is 41.9 Å². The summed E-state index contributed by atoms with van der Waals surface area (Å²) in [7, 11) is -2.27. The number of benzene rings is 1. The molecule has 3 nitrogen and oxygen atoms in total. The van der Waals surface area contributed by atoms with E-state index in [0.29, 0.717) is 12.1 Å². The second kappa shape index (κ2) is 7.77. The molecule has 1 aromatic rings. The molecule has 0 aliphatic carbocycles. The van der Waals surface area contributed by atoms with Crippen molar-refractivity contribution in [3.8, 4) is 5.75 Å². The van der Waals surface area contributed by atoms with Crippen molar-refractivity contribution < 1.29 is 80.6 Å². The minimum atomic E-state index is -8.40. The second-order valence-corrected chi connectivity index (χ2v) is 5.93. The van der Waals surface area contributed by atoms with Crippen molar-refractivity contribution in [2.24, 2.45) is 0 Å². The zero-order valence-electron chi connectivity index (χ0n) is 14.4. The first-order valence-corrected chi connectivity index (χ1v) is 7.37. The number of hydrogen-bond donors (Lipinski definition) is 2. The van der Waals surface area contributed by atoms with Gasteiger partial charge < -0.3 is 14.8 Å². The van der Waals surface area contributed by atoms with E-state index in [1.54, 1.807) is 0 Å². The Morgan fingerprint density at radius 2 is 0.875 bits per heavy atom. The summed E-state index contributed by atoms with van der Waals surface area (Å²) < 4.78 is 198. The zero-order valence-corrected chi connectivity index (χ0v) is 14.4. The first-order chi connectivity index (χ1) is 13.9. The Bertz CT molecular complexity index is 804. The van der Waals surface area contributed by atoms with Crippen LogP contribution in [-0.2, 0) is 0 Å². The SMILES string of the molecule is OB(O)c1ccc(OC(F)(F)C(F)(F)C(F)(F)C(F)(F)C(F)(F)C(F)(F)C(F)(F)F)cc1. The van der Waals surface area contributed by atoms with Crippen LogP contribution in [0, 0.1) is 0 Å². The number of halogens is 15. The van der Waals surface area contributed by atoms with E-state index in [4.69, 9.17) is 10.0 Å². The molecule has 1 rings (SSSR count). The molecule has 0 aliphatic heterocycles. The molecule has 1 aromatic carbocycles. The summed E-state index contributed by atoms with van der Waals surface area (Å²) in [5, 5.41) is 17.4. The van der Waals surface area contributed by atoms with E-state index in [-0.39, 0.29) is 12.1 Å². The lowest BCUT2D eigenvalue weighted by Crippen LogP contribution is -2.73. The summed E-state index contributed by atoms with van der Waals surface area (Å²) in [6.07, 6.45) is -14.6. The molecule has 32 heavy (non-hydrogen) atoms. The highest BCUT2D eigenvalue weighted by Crippen LogP contribution is 2.62. The first kappa shape index (κ1) is 28.0. The maximum atomic E-state index is 13.6. The van der Waals surface area contributed by atoms with Gasteiger partial charge in [-0.05, 0) is 17.6 Å². The highest BCUT2D eigenvalue weighted by Gasteiger charge is 2.94. The van der Waals surface area contributed by atoms with Crippen molar-refractivity contribution in [3.63, 3.8) is 0 Å². The summed E-state index contributed by atoms with van der Waals surface area (Å²) in [6, 6.07) is 1.20. The van der Waals surface area contributed by atoms with Crippen LogP contribution in [0.15, 0.2) is 24.3 Å². The lowest BCUT2D eigenvalue weighted by Gasteiger charge is -2.41. The van der Waals surface area contributed by atoms with Crippen LogP contribution in [0.1, 0.15) is 0 Å². The Morgan fingerprint density at radius 3 is 1.22 bits per heavy atom. The van der Waals surface area contributed by atoms with Crippen molar-refractivity contribution in [2.75, 3.05) is 0 Å². The largest absolute Gasteiger partial charge is 0.488 e. The van der Waals surface area contributed by atoms with E-state index < -0.39 is 60.2 Å². The van der Waals surface area contributed by atoms with E-state index >= 15 is 0 Å². The van der Waals surface area contributed by atoms with Crippen LogP contribution < -0.4 is 10.2 Å². The van der Waals surface area contributed by atoms with Gasteiger partial charge in [0.2, 0.25) is 0 Å². The lowest BCUT2D eigenvalue weighted by molar-refractivity contribution is -0.465. The average molecular weight is 506 g/mol. The molecule has 184 valence electrons. The Kier molecular flexibility index (Phi) is 6.80. The summed E-state index contributed by atoms with van der Waals surface area (Å²) in [5.41, 5.74) is -0.529. The molecule has 0 saturated heterocycles. The third-order valence-corrected chi connectivity index (χ3v) is 3.72. The molecule has 0 amide bonds. The predicted octanol–water partition coefficient (Wildman–Crippen LogP) is 4.08. The molecule has 2 N–H and O–H groups in total. The van der Waals surface area contributed by atoms with Crippen LogP contribution in [-0.4, -0.2) is 59.1 Å². The van der Waals surface area contributed by atoms with Gasteiger partial charge in [0, 0.05) is 0 Å². The van der Waals surface area contributed by atoms with Gasteiger partial charge in [-0.25, -0.2) is 0 Å². The summed E-state index contributed by atoms with van der Waals surface area (Å²) in [4.78, 5) is 0. The first-order valence-electron chi connectivity index (χ1n) is 7.37. The molecule has 19 heteroatoms. The van der Waals surface area contributed by atoms with Crippen molar-refractivity contribution >= 4 is 12.6 Å². The minimum absolute atomic E-state index is 0.154. The molecule has 0 atom stereocenters. The van der Waals surface area contributed by atoms with Gasteiger partial charge >= 0.3 is 49.0 Å². The zero-order chi connectivity index (χ0) is 25.8. The fourth-order valence-electron chi connectivity index (χ4n) is 1.87. The Balaban J connectivity index is 3.44. The second-order valence-electron chi connectivity index (χ2n) is 5.93. The molecule has 0 aliphatic rings. The molecule has 0 saturated carbocycles. The average Bonchev–Trinajstić information content (AvgIpc) is 2.59. The quantitative estimate of drug-likeness (QED) is 0.413. The van der Waals surface area contributed by atoms with E-state index in [2.05, 4.69) is 4.74 Å². The third kappa shape index (κ3) is 4.03. The summed E-state index contributed by atoms with van der Waals surface area (Å²) >= 11 is 0. The molecule has 0 heterocycles. The van der Waals surface area contributed by atoms with E-state index in [1.807, 2.05) is 0 Å². The summed E-state index contributed by atoms with van der Waals surface area (Å²) in [6.45, 7) is 0. The summed E-state index contributed by atoms with van der Waals surface area (Å²) in [5.74, 6) is -42.4. The molecular weight excluding hydrogens is 500 g/mol. The third-order valence-electron chi connectivity index (χ3n) is 3.72. The molecule has 0 bridgehead atoms. The van der Waals surface area contributed by atoms with Crippen molar-refractivity contribution in [1.29, 1.82) is 0 Å². The monoisotopic (exact) mass is 506 g/mol. The Labute approximate surface area is 166 Å². The van der Waals surface area contributed by atoms with Crippen LogP contribution >= 0.6 is 0 Å². The maximum Gasteiger partial charge on any atom is 0.488 e. The topological polar surface area (TPSA) is 49.7 Å². The standard InChI is InChI=1S/C13H6BF15O3/c15-7(16,8(17,18)10(21,22)12(25,26)27)9(19,20)11(23,24)13(28,29)32-6-3-1-5(2-4-6)14(30)31/h1-4,30-31H. The molecule has 0 fully saturated rings. The normalized spacial score (nSPS) is 15.0. The Morgan fingerprint density at radius 1 is 0.531 bits per heavy atom. The van der Waals surface area contributed by atoms with Gasteiger partial charge in [0.05, 0.1) is 0 Å². The fourth-order valence-corrected chi connectivity index (χ4v) is 1.87. The van der Waals surface area contributed by atoms with E-state index in [0.717, 1.165) is 0 Å². The molecule has 0 spiro atoms. The molecular formula is C13H6BF15O3. The maximum absolute atomic E-state index is 13.6. The van der Waals surface area contributed by atoms with E-state index in [1.165, 1.54) is 0 Å². The van der Waals surface area contributed by atoms with Gasteiger partial charge in [0.15, 0.2) is 0 Å². The van der Waals surface area contributed by atoms with Gasteiger partial charge in [-0.2, -0.15) is 65.9 Å². The fraction of sp³-hybridized carbons (Fsp3) is 0.538. The highest BCUT2D eigenvalue weighted by atomic mass is 19.4. The van der Waals surface area contributed by atoms with Crippen LogP contribution in [0.3, 0.4) is 0 Å². The van der Waals surface area contributed by atoms with Gasteiger partial charge in [-0.15, -0.1) is 0 Å². The van der Waals surface area contributed by atoms with Crippen molar-refractivity contribution in [1.82, 2.24) is 0 Å². The number of alkyl halides is 15. The van der Waals surface area contributed by atoms with Crippen LogP contribution in [0.2, 0.25) is 0 Å². The van der Waals surface area contributed by atoms with Gasteiger partial charge in [0.1, 0.15) is 5.75 Å². The smallest absolute Gasteiger partial charge is 0.428 e. The van der Waals surface area contributed by atoms with Gasteiger partial charge in [0.25, 0.3) is 0 Å². The van der Waals surface area contributed by atoms with Gasteiger partial charge in [-0.1, -0.05) is 12.1 Å². The van der Waals surface area contributed by atoms with Crippen LogP contribution in [0.5, 0.6) is 5.75 Å². The molecule has 0 aromatic heterocycles. The number of ether oxygens (including phenoxy) is 1. The highest BCUT2D eigenvalue weighted by molar-refractivity contribution is 6.58. The van der Waals surface area contributed by atoms with Crippen LogP contribution in [0.25, 0.3) is 0 Å².